The fraction of sp³-hybridized carbons (Fsp3) is 0.360. The molecule has 3 aromatic rings. The molecule has 0 bridgehead atoms. The van der Waals surface area contributed by atoms with Crippen molar-refractivity contribution in [3.8, 4) is 0 Å². The quantitative estimate of drug-likeness (QED) is 0.647. The van der Waals surface area contributed by atoms with Gasteiger partial charge in [-0.2, -0.15) is 0 Å². The number of hydrogen-bond acceptors (Lipinski definition) is 3. The summed E-state index contributed by atoms with van der Waals surface area (Å²) in [5, 5.41) is 3.02. The van der Waals surface area contributed by atoms with Crippen molar-refractivity contribution in [1.82, 2.24) is 19.8 Å². The van der Waals surface area contributed by atoms with Crippen molar-refractivity contribution in [2.75, 3.05) is 13.1 Å². The Kier molecular flexibility index (Phi) is 6.60. The summed E-state index contributed by atoms with van der Waals surface area (Å²) in [6.45, 7) is 6.98. The molecule has 0 saturated carbocycles. The predicted octanol–water partition coefficient (Wildman–Crippen LogP) is 4.09. The number of aromatic nitrogens is 2. The molecule has 1 amide bonds. The number of rotatable bonds is 7. The highest BCUT2D eigenvalue weighted by Gasteiger charge is 2.15. The summed E-state index contributed by atoms with van der Waals surface area (Å²) in [5.41, 5.74) is 4.29. The van der Waals surface area contributed by atoms with Crippen molar-refractivity contribution in [2.45, 2.75) is 39.4 Å². The van der Waals surface area contributed by atoms with Crippen LogP contribution in [0.4, 0.5) is 0 Å². The topological polar surface area (TPSA) is 50.2 Å². The number of amides is 1. The van der Waals surface area contributed by atoms with Crippen molar-refractivity contribution >= 4 is 5.91 Å². The normalized spacial score (nSPS) is 15.2. The van der Waals surface area contributed by atoms with Gasteiger partial charge in [0.1, 0.15) is 0 Å². The molecule has 5 heteroatoms. The molecule has 0 atom stereocenters. The van der Waals surface area contributed by atoms with Crippen LogP contribution in [-0.2, 0) is 19.6 Å². The Morgan fingerprint density at radius 2 is 1.60 bits per heavy atom. The fourth-order valence-electron chi connectivity index (χ4n) is 3.88. The maximum absolute atomic E-state index is 12.5. The first kappa shape index (κ1) is 20.4. The van der Waals surface area contributed by atoms with E-state index < -0.39 is 0 Å². The molecule has 1 saturated heterocycles. The third-order valence-electron chi connectivity index (χ3n) is 5.90. The van der Waals surface area contributed by atoms with Gasteiger partial charge < -0.3 is 9.88 Å². The van der Waals surface area contributed by atoms with E-state index in [1.807, 2.05) is 29.2 Å². The second-order valence-corrected chi connectivity index (χ2v) is 8.39. The summed E-state index contributed by atoms with van der Waals surface area (Å²) in [4.78, 5) is 19.1. The number of nitrogens with zero attached hydrogens (tertiary/aromatic N) is 3. The van der Waals surface area contributed by atoms with Gasteiger partial charge in [-0.1, -0.05) is 43.3 Å². The summed E-state index contributed by atoms with van der Waals surface area (Å²) >= 11 is 0. The van der Waals surface area contributed by atoms with Crippen molar-refractivity contribution in [1.29, 1.82) is 0 Å². The average Bonchev–Trinajstić information content (AvgIpc) is 3.28. The van der Waals surface area contributed by atoms with E-state index in [-0.39, 0.29) is 5.91 Å². The Morgan fingerprint density at radius 1 is 0.967 bits per heavy atom. The summed E-state index contributed by atoms with van der Waals surface area (Å²) in [5.74, 6) is 0.816. The molecule has 156 valence electrons. The van der Waals surface area contributed by atoms with E-state index in [1.165, 1.54) is 37.1 Å². The first-order valence-corrected chi connectivity index (χ1v) is 10.8. The Balaban J connectivity index is 1.25. The van der Waals surface area contributed by atoms with Gasteiger partial charge in [-0.25, -0.2) is 4.98 Å². The zero-order chi connectivity index (χ0) is 20.8. The molecule has 2 aromatic carbocycles. The van der Waals surface area contributed by atoms with Crippen LogP contribution in [0.1, 0.15) is 46.8 Å². The lowest BCUT2D eigenvalue weighted by molar-refractivity contribution is 0.0951. The summed E-state index contributed by atoms with van der Waals surface area (Å²) in [7, 11) is 0. The standard InChI is InChI=1S/C25H30N4O/c1-20-10-13-28(14-11-20)17-23-6-8-24(9-7-23)25(30)27-16-21-2-4-22(5-3-21)18-29-15-12-26-19-29/h2-9,12,15,19-20H,10-11,13-14,16-18H2,1H3,(H,27,30). The second-order valence-electron chi connectivity index (χ2n) is 8.39. The highest BCUT2D eigenvalue weighted by atomic mass is 16.1. The Hall–Kier alpha value is -2.92. The molecule has 2 heterocycles. The molecule has 0 unspecified atom stereocenters. The van der Waals surface area contributed by atoms with E-state index in [9.17, 15) is 4.79 Å². The molecule has 0 radical (unpaired) electrons. The van der Waals surface area contributed by atoms with Crippen LogP contribution in [-0.4, -0.2) is 33.4 Å². The van der Waals surface area contributed by atoms with E-state index in [1.54, 1.807) is 6.20 Å². The monoisotopic (exact) mass is 402 g/mol. The number of hydrogen-bond donors (Lipinski definition) is 1. The number of benzene rings is 2. The maximum Gasteiger partial charge on any atom is 0.251 e. The van der Waals surface area contributed by atoms with Gasteiger partial charge >= 0.3 is 0 Å². The van der Waals surface area contributed by atoms with E-state index in [0.717, 1.165) is 24.6 Å². The number of piperidine rings is 1. The van der Waals surface area contributed by atoms with Crippen molar-refractivity contribution in [3.63, 3.8) is 0 Å². The molecule has 30 heavy (non-hydrogen) atoms. The minimum absolute atomic E-state index is 0.0316. The zero-order valence-electron chi connectivity index (χ0n) is 17.6. The highest BCUT2D eigenvalue weighted by molar-refractivity contribution is 5.94. The van der Waals surface area contributed by atoms with Crippen LogP contribution in [0.2, 0.25) is 0 Å². The predicted molar refractivity (Wildman–Crippen MR) is 119 cm³/mol. The number of nitrogens with one attached hydrogen (secondary N) is 1. The largest absolute Gasteiger partial charge is 0.348 e. The Labute approximate surface area is 178 Å². The van der Waals surface area contributed by atoms with Crippen LogP contribution < -0.4 is 5.32 Å². The number of carbonyl (C=O) groups is 1. The van der Waals surface area contributed by atoms with Gasteiger partial charge in [0.25, 0.3) is 5.91 Å². The summed E-state index contributed by atoms with van der Waals surface area (Å²) < 4.78 is 2.03. The van der Waals surface area contributed by atoms with Crippen LogP contribution in [0.15, 0.2) is 67.3 Å². The number of likely N-dealkylation sites (tertiary alicyclic amines) is 1. The molecule has 1 fully saturated rings. The van der Waals surface area contributed by atoms with E-state index in [0.29, 0.717) is 12.1 Å². The van der Waals surface area contributed by atoms with Gasteiger partial charge in [0, 0.05) is 37.6 Å². The van der Waals surface area contributed by atoms with Crippen LogP contribution in [0.25, 0.3) is 0 Å². The van der Waals surface area contributed by atoms with Gasteiger partial charge in [0.15, 0.2) is 0 Å². The molecule has 0 aliphatic carbocycles. The minimum Gasteiger partial charge on any atom is -0.348 e. The molecule has 0 spiro atoms. The number of carbonyl (C=O) groups excluding carboxylic acids is 1. The van der Waals surface area contributed by atoms with E-state index in [2.05, 4.69) is 58.5 Å². The van der Waals surface area contributed by atoms with Crippen molar-refractivity contribution in [3.05, 3.63) is 89.5 Å². The molecule has 1 aliphatic rings. The summed E-state index contributed by atoms with van der Waals surface area (Å²) in [6, 6.07) is 16.4. The lowest BCUT2D eigenvalue weighted by Gasteiger charge is -2.30. The summed E-state index contributed by atoms with van der Waals surface area (Å²) in [6.07, 6.45) is 8.11. The van der Waals surface area contributed by atoms with Crippen LogP contribution in [0.3, 0.4) is 0 Å². The smallest absolute Gasteiger partial charge is 0.251 e. The van der Waals surface area contributed by atoms with Gasteiger partial charge in [0.05, 0.1) is 6.33 Å². The third-order valence-corrected chi connectivity index (χ3v) is 5.90. The molecule has 5 nitrogen and oxygen atoms in total. The third kappa shape index (κ3) is 5.57. The molecule has 1 aromatic heterocycles. The molecule has 4 rings (SSSR count). The van der Waals surface area contributed by atoms with E-state index in [4.69, 9.17) is 0 Å². The lowest BCUT2D eigenvalue weighted by atomic mass is 9.99. The highest BCUT2D eigenvalue weighted by Crippen LogP contribution is 2.18. The average molecular weight is 403 g/mol. The zero-order valence-corrected chi connectivity index (χ0v) is 17.6. The molecular formula is C25H30N4O. The van der Waals surface area contributed by atoms with Gasteiger partial charge in [-0.15, -0.1) is 0 Å². The van der Waals surface area contributed by atoms with E-state index >= 15 is 0 Å². The molecule has 1 N–H and O–H groups in total. The van der Waals surface area contributed by atoms with Crippen molar-refractivity contribution in [2.24, 2.45) is 5.92 Å². The fourth-order valence-corrected chi connectivity index (χ4v) is 3.88. The molecular weight excluding hydrogens is 372 g/mol. The first-order valence-electron chi connectivity index (χ1n) is 10.8. The Morgan fingerprint density at radius 3 is 2.27 bits per heavy atom. The second kappa shape index (κ2) is 9.72. The maximum atomic E-state index is 12.5. The molecule has 1 aliphatic heterocycles. The van der Waals surface area contributed by atoms with Crippen molar-refractivity contribution < 1.29 is 4.79 Å². The minimum atomic E-state index is -0.0316. The SMILES string of the molecule is CC1CCN(Cc2ccc(C(=O)NCc3ccc(Cn4ccnc4)cc3)cc2)CC1. The van der Waals surface area contributed by atoms with Crippen LogP contribution >= 0.6 is 0 Å². The van der Waals surface area contributed by atoms with Crippen LogP contribution in [0.5, 0.6) is 0 Å². The van der Waals surface area contributed by atoms with Gasteiger partial charge in [-0.05, 0) is 60.7 Å². The lowest BCUT2D eigenvalue weighted by Crippen LogP contribution is -2.32. The Bertz CT molecular complexity index is 924. The van der Waals surface area contributed by atoms with Gasteiger partial charge in [-0.3, -0.25) is 9.69 Å². The van der Waals surface area contributed by atoms with Crippen LogP contribution in [0, 0.1) is 5.92 Å². The first-order chi connectivity index (χ1) is 14.7. The van der Waals surface area contributed by atoms with Gasteiger partial charge in [0.2, 0.25) is 0 Å². The number of imidazole rings is 1.